The van der Waals surface area contributed by atoms with Crippen molar-refractivity contribution in [2.75, 3.05) is 24.1 Å². The van der Waals surface area contributed by atoms with E-state index < -0.39 is 0 Å². The van der Waals surface area contributed by atoms with E-state index in [1.807, 2.05) is 29.6 Å². The Morgan fingerprint density at radius 1 is 1.28 bits per heavy atom. The Balaban J connectivity index is 1.61. The van der Waals surface area contributed by atoms with Crippen LogP contribution in [0.2, 0.25) is 5.02 Å². The number of thiazole rings is 1. The second-order valence-electron chi connectivity index (χ2n) is 6.90. The Kier molecular flexibility index (Phi) is 6.03. The third-order valence-electron chi connectivity index (χ3n) is 4.95. The molecule has 7 nitrogen and oxygen atoms in total. The number of carbonyl (C=O) groups excluding carboxylic acids is 1. The summed E-state index contributed by atoms with van der Waals surface area (Å²) in [6.07, 6.45) is 6.44. The molecule has 3 heterocycles. The number of likely N-dealkylation sites (tertiary alicyclic amines) is 1. The van der Waals surface area contributed by atoms with Crippen LogP contribution in [-0.2, 0) is 4.79 Å². The third kappa shape index (κ3) is 4.72. The molecule has 0 aliphatic carbocycles. The normalized spacial score (nSPS) is 17.2. The number of rotatable bonds is 5. The molecule has 2 aromatic heterocycles. The topological polar surface area (TPSA) is 97.0 Å². The average Bonchev–Trinajstić information content (AvgIpc) is 3.22. The maximum atomic E-state index is 12.6. The minimum atomic E-state index is -0.0816. The number of nitrogens with one attached hydrogen (secondary N) is 1. The first-order chi connectivity index (χ1) is 14.1. The number of hydrogen-bond donors (Lipinski definition) is 2. The number of benzene rings is 1. The highest BCUT2D eigenvalue weighted by atomic mass is 35.5. The average molecular weight is 429 g/mol. The summed E-state index contributed by atoms with van der Waals surface area (Å²) in [6.45, 7) is 1.09. The van der Waals surface area contributed by atoms with E-state index in [-0.39, 0.29) is 24.4 Å². The van der Waals surface area contributed by atoms with Gasteiger partial charge in [-0.15, -0.1) is 11.3 Å². The molecule has 0 unspecified atom stereocenters. The van der Waals surface area contributed by atoms with Crippen LogP contribution in [0, 0.1) is 0 Å². The molecule has 4 rings (SSSR count). The van der Waals surface area contributed by atoms with E-state index in [0.29, 0.717) is 10.2 Å². The van der Waals surface area contributed by atoms with Crippen molar-refractivity contribution >= 4 is 39.9 Å². The molecule has 150 valence electrons. The van der Waals surface area contributed by atoms with Crippen LogP contribution in [0.1, 0.15) is 31.0 Å². The number of nitrogens with two attached hydrogens (primary N) is 1. The predicted molar refractivity (Wildman–Crippen MR) is 116 cm³/mol. The van der Waals surface area contributed by atoms with Gasteiger partial charge in [-0.1, -0.05) is 30.2 Å². The first kappa shape index (κ1) is 19.8. The molecule has 0 saturated carbocycles. The van der Waals surface area contributed by atoms with Crippen LogP contribution in [0.3, 0.4) is 0 Å². The van der Waals surface area contributed by atoms with Gasteiger partial charge in [0.1, 0.15) is 0 Å². The molecular weight excluding hydrogens is 408 g/mol. The van der Waals surface area contributed by atoms with Crippen molar-refractivity contribution in [3.8, 4) is 11.1 Å². The van der Waals surface area contributed by atoms with Gasteiger partial charge < -0.3 is 11.1 Å². The Hall–Kier alpha value is -2.55. The molecule has 1 saturated heterocycles. The predicted octanol–water partition coefficient (Wildman–Crippen LogP) is 4.00. The molecule has 9 heteroatoms. The number of nitrogens with zero attached hydrogens (tertiary/aromatic N) is 4. The maximum absolute atomic E-state index is 12.6. The number of halogens is 1. The van der Waals surface area contributed by atoms with Gasteiger partial charge in [0.05, 0.1) is 18.3 Å². The van der Waals surface area contributed by atoms with Gasteiger partial charge in [-0.2, -0.15) is 0 Å². The van der Waals surface area contributed by atoms with E-state index in [1.54, 1.807) is 12.4 Å². The van der Waals surface area contributed by atoms with Gasteiger partial charge in [0.2, 0.25) is 11.9 Å². The number of carbonyl (C=O) groups is 1. The fourth-order valence-corrected chi connectivity index (χ4v) is 4.30. The fourth-order valence-electron chi connectivity index (χ4n) is 3.63. The minimum Gasteiger partial charge on any atom is -0.368 e. The number of aromatic nitrogens is 3. The lowest BCUT2D eigenvalue weighted by atomic mass is 9.94. The van der Waals surface area contributed by atoms with Crippen LogP contribution < -0.4 is 11.1 Å². The molecule has 0 radical (unpaired) electrons. The lowest BCUT2D eigenvalue weighted by molar-refractivity contribution is -0.118. The van der Waals surface area contributed by atoms with E-state index >= 15 is 0 Å². The second-order valence-corrected chi connectivity index (χ2v) is 8.23. The van der Waals surface area contributed by atoms with Crippen LogP contribution >= 0.6 is 22.9 Å². The minimum absolute atomic E-state index is 0.0122. The summed E-state index contributed by atoms with van der Waals surface area (Å²) in [4.78, 5) is 27.6. The number of piperidine rings is 1. The van der Waals surface area contributed by atoms with Gasteiger partial charge in [0.25, 0.3) is 0 Å². The molecule has 1 aromatic carbocycles. The van der Waals surface area contributed by atoms with Gasteiger partial charge in [-0.05, 0) is 37.1 Å². The van der Waals surface area contributed by atoms with Gasteiger partial charge in [0, 0.05) is 28.4 Å². The van der Waals surface area contributed by atoms with E-state index in [0.717, 1.165) is 42.6 Å². The van der Waals surface area contributed by atoms with Gasteiger partial charge in [-0.3, -0.25) is 9.69 Å². The first-order valence-corrected chi connectivity index (χ1v) is 10.7. The Bertz CT molecular complexity index is 979. The molecule has 1 amide bonds. The molecular formula is C20H21ClN6OS. The number of amides is 1. The largest absolute Gasteiger partial charge is 0.368 e. The van der Waals surface area contributed by atoms with Crippen LogP contribution in [0.15, 0.2) is 42.0 Å². The van der Waals surface area contributed by atoms with E-state index in [4.69, 9.17) is 17.3 Å². The number of anilines is 2. The van der Waals surface area contributed by atoms with Crippen molar-refractivity contribution in [3.05, 3.63) is 52.8 Å². The van der Waals surface area contributed by atoms with Crippen molar-refractivity contribution in [3.63, 3.8) is 0 Å². The van der Waals surface area contributed by atoms with Crippen molar-refractivity contribution < 1.29 is 4.79 Å². The molecule has 29 heavy (non-hydrogen) atoms. The zero-order chi connectivity index (χ0) is 20.2. The van der Waals surface area contributed by atoms with Gasteiger partial charge in [-0.25, -0.2) is 15.0 Å². The SMILES string of the molecule is Nc1ncc(-c2ccc(Cl)cc2)c([C@H]2CCCCN2CC(=O)Nc2nccs2)n1. The van der Waals surface area contributed by atoms with E-state index in [9.17, 15) is 4.79 Å². The molecule has 3 aromatic rings. The summed E-state index contributed by atoms with van der Waals surface area (Å²) in [5.41, 5.74) is 8.66. The van der Waals surface area contributed by atoms with Crippen molar-refractivity contribution in [2.45, 2.75) is 25.3 Å². The summed E-state index contributed by atoms with van der Waals surface area (Å²) < 4.78 is 0. The molecule has 3 N–H and O–H groups in total. The molecule has 1 atom stereocenters. The highest BCUT2D eigenvalue weighted by Crippen LogP contribution is 2.36. The Labute approximate surface area is 178 Å². The summed E-state index contributed by atoms with van der Waals surface area (Å²) in [5, 5.41) is 5.97. The Morgan fingerprint density at radius 2 is 2.10 bits per heavy atom. The second kappa shape index (κ2) is 8.86. The molecule has 0 bridgehead atoms. The van der Waals surface area contributed by atoms with E-state index in [1.165, 1.54) is 11.3 Å². The first-order valence-electron chi connectivity index (χ1n) is 9.42. The highest BCUT2D eigenvalue weighted by molar-refractivity contribution is 7.13. The van der Waals surface area contributed by atoms with Crippen molar-refractivity contribution in [1.29, 1.82) is 0 Å². The third-order valence-corrected chi connectivity index (χ3v) is 5.89. The zero-order valence-corrected chi connectivity index (χ0v) is 17.3. The fraction of sp³-hybridized carbons (Fsp3) is 0.300. The van der Waals surface area contributed by atoms with E-state index in [2.05, 4.69) is 25.2 Å². The summed E-state index contributed by atoms with van der Waals surface area (Å²) in [6, 6.07) is 7.57. The zero-order valence-electron chi connectivity index (χ0n) is 15.7. The van der Waals surface area contributed by atoms with Crippen LogP contribution in [0.25, 0.3) is 11.1 Å². The quantitative estimate of drug-likeness (QED) is 0.637. The molecule has 1 aliphatic heterocycles. The summed E-state index contributed by atoms with van der Waals surface area (Å²) in [7, 11) is 0. The molecule has 1 aliphatic rings. The van der Waals surface area contributed by atoms with Crippen molar-refractivity contribution in [2.24, 2.45) is 0 Å². The van der Waals surface area contributed by atoms with Crippen LogP contribution in [-0.4, -0.2) is 38.8 Å². The summed E-state index contributed by atoms with van der Waals surface area (Å²) >= 11 is 7.45. The highest BCUT2D eigenvalue weighted by Gasteiger charge is 2.29. The monoisotopic (exact) mass is 428 g/mol. The van der Waals surface area contributed by atoms with Crippen LogP contribution in [0.5, 0.6) is 0 Å². The Morgan fingerprint density at radius 3 is 2.86 bits per heavy atom. The maximum Gasteiger partial charge on any atom is 0.240 e. The molecule has 1 fully saturated rings. The van der Waals surface area contributed by atoms with Gasteiger partial charge >= 0.3 is 0 Å². The molecule has 0 spiro atoms. The lowest BCUT2D eigenvalue weighted by Gasteiger charge is -2.35. The van der Waals surface area contributed by atoms with Gasteiger partial charge in [0.15, 0.2) is 5.13 Å². The standard InChI is InChI=1S/C20H21ClN6OS/c21-14-6-4-13(5-7-14)15-11-24-19(22)26-18(15)16-3-1-2-9-27(16)12-17(28)25-20-23-8-10-29-20/h4-8,10-11,16H,1-3,9,12H2,(H2,22,24,26)(H,23,25,28)/t16-/m1/s1. The number of nitrogen functional groups attached to an aromatic ring is 1. The number of hydrogen-bond acceptors (Lipinski definition) is 7. The lowest BCUT2D eigenvalue weighted by Crippen LogP contribution is -2.39. The summed E-state index contributed by atoms with van der Waals surface area (Å²) in [5.74, 6) is 0.150. The smallest absolute Gasteiger partial charge is 0.240 e. The van der Waals surface area contributed by atoms with Crippen LogP contribution in [0.4, 0.5) is 11.1 Å². The van der Waals surface area contributed by atoms with Crippen molar-refractivity contribution in [1.82, 2.24) is 19.9 Å².